The molecule has 1 heterocycles. The van der Waals surface area contributed by atoms with E-state index in [1.807, 2.05) is 0 Å². The second-order valence-electron chi connectivity index (χ2n) is 2.66. The molecule has 3 nitrogen and oxygen atoms in total. The zero-order valence-electron chi connectivity index (χ0n) is 7.97. The standard InChI is InChI=1S/C8H13NO2S2.Ag/c1-3-5-6(4-2)12-13-7(5)9-8(10)11;/h7,9H,3-4H2,1-2H3,(H,10,11);. The van der Waals surface area contributed by atoms with Crippen LogP contribution in [0.2, 0.25) is 0 Å². The van der Waals surface area contributed by atoms with Gasteiger partial charge in [-0.15, -0.1) is 0 Å². The molecule has 1 unspecified atom stereocenters. The van der Waals surface area contributed by atoms with Crippen LogP contribution in [0.4, 0.5) is 4.79 Å². The van der Waals surface area contributed by atoms with E-state index >= 15 is 0 Å². The van der Waals surface area contributed by atoms with Crippen molar-refractivity contribution in [2.24, 2.45) is 0 Å². The van der Waals surface area contributed by atoms with E-state index in [4.69, 9.17) is 5.11 Å². The molecular formula is C8H13AgNO2S2. The molecule has 0 spiro atoms. The first-order valence-electron chi connectivity index (χ1n) is 4.23. The van der Waals surface area contributed by atoms with Gasteiger partial charge in [0.2, 0.25) is 0 Å². The molecule has 0 aromatic heterocycles. The molecule has 6 heteroatoms. The van der Waals surface area contributed by atoms with Crippen LogP contribution in [-0.2, 0) is 22.4 Å². The molecule has 1 amide bonds. The first-order valence-corrected chi connectivity index (χ1v) is 6.45. The average molecular weight is 327 g/mol. The van der Waals surface area contributed by atoms with Crippen molar-refractivity contribution in [2.75, 3.05) is 0 Å². The summed E-state index contributed by atoms with van der Waals surface area (Å²) in [4.78, 5) is 11.8. The van der Waals surface area contributed by atoms with Gasteiger partial charge in [0.15, 0.2) is 0 Å². The Bertz CT molecular complexity index is 245. The Hall–Kier alpha value is 0.450. The Morgan fingerprint density at radius 2 is 2.14 bits per heavy atom. The van der Waals surface area contributed by atoms with E-state index in [1.165, 1.54) is 10.5 Å². The van der Waals surface area contributed by atoms with Crippen molar-refractivity contribution in [3.8, 4) is 0 Å². The molecule has 0 saturated heterocycles. The second kappa shape index (κ2) is 6.85. The van der Waals surface area contributed by atoms with Crippen LogP contribution in [0.15, 0.2) is 10.5 Å². The maximum atomic E-state index is 10.5. The predicted octanol–water partition coefficient (Wildman–Crippen LogP) is 3.05. The average Bonchev–Trinajstić information content (AvgIpc) is 2.45. The Morgan fingerprint density at radius 3 is 2.57 bits per heavy atom. The van der Waals surface area contributed by atoms with Crippen molar-refractivity contribution in [3.63, 3.8) is 0 Å². The number of hydrogen-bond acceptors (Lipinski definition) is 3. The van der Waals surface area contributed by atoms with Crippen LogP contribution in [0, 0.1) is 0 Å². The van der Waals surface area contributed by atoms with Gasteiger partial charge < -0.3 is 10.4 Å². The Kier molecular flexibility index (Phi) is 7.07. The minimum atomic E-state index is -0.943. The molecule has 0 fully saturated rings. The topological polar surface area (TPSA) is 49.3 Å². The van der Waals surface area contributed by atoms with Gasteiger partial charge in [-0.1, -0.05) is 35.4 Å². The summed E-state index contributed by atoms with van der Waals surface area (Å²) in [6.45, 7) is 4.16. The zero-order valence-corrected chi connectivity index (χ0v) is 11.1. The molecule has 0 bridgehead atoms. The molecule has 0 saturated carbocycles. The van der Waals surface area contributed by atoms with Crippen LogP contribution in [0.3, 0.4) is 0 Å². The van der Waals surface area contributed by atoms with Gasteiger partial charge in [-0.25, -0.2) is 4.79 Å². The van der Waals surface area contributed by atoms with E-state index in [0.717, 1.165) is 12.8 Å². The van der Waals surface area contributed by atoms with Crippen LogP contribution in [0.5, 0.6) is 0 Å². The van der Waals surface area contributed by atoms with Gasteiger partial charge in [0.05, 0.1) is 0 Å². The summed E-state index contributed by atoms with van der Waals surface area (Å²) < 4.78 is 0. The summed E-state index contributed by atoms with van der Waals surface area (Å²) in [7, 11) is 3.28. The number of rotatable bonds is 3. The van der Waals surface area contributed by atoms with Crippen molar-refractivity contribution in [3.05, 3.63) is 10.5 Å². The molecule has 1 radical (unpaired) electrons. The fourth-order valence-corrected chi connectivity index (χ4v) is 4.41. The smallest absolute Gasteiger partial charge is 0.405 e. The normalized spacial score (nSPS) is 20.6. The Morgan fingerprint density at radius 1 is 1.50 bits per heavy atom. The van der Waals surface area contributed by atoms with Crippen LogP contribution >= 0.6 is 21.6 Å². The van der Waals surface area contributed by atoms with Crippen LogP contribution in [0.25, 0.3) is 0 Å². The number of carboxylic acid groups (broad SMARTS) is 1. The molecule has 1 atom stereocenters. The van der Waals surface area contributed by atoms with Gasteiger partial charge in [0.1, 0.15) is 5.37 Å². The van der Waals surface area contributed by atoms with E-state index in [2.05, 4.69) is 19.2 Å². The summed E-state index contributed by atoms with van der Waals surface area (Å²) in [6, 6.07) is 0. The molecule has 0 aromatic carbocycles. The predicted molar refractivity (Wildman–Crippen MR) is 57.7 cm³/mol. The largest absolute Gasteiger partial charge is 0.465 e. The third-order valence-corrected chi connectivity index (χ3v) is 4.79. The molecule has 0 aromatic rings. The van der Waals surface area contributed by atoms with Gasteiger partial charge in [0, 0.05) is 22.4 Å². The Labute approximate surface area is 107 Å². The van der Waals surface area contributed by atoms with Crippen molar-refractivity contribution >= 4 is 27.7 Å². The number of hydrogen-bond donors (Lipinski definition) is 2. The third kappa shape index (κ3) is 3.55. The van der Waals surface area contributed by atoms with Crippen molar-refractivity contribution in [2.45, 2.75) is 32.1 Å². The summed E-state index contributed by atoms with van der Waals surface area (Å²) in [5.74, 6) is 0. The minimum absolute atomic E-state index is 0. The summed E-state index contributed by atoms with van der Waals surface area (Å²) >= 11 is 0. The Balaban J connectivity index is 0.00000169. The fraction of sp³-hybridized carbons (Fsp3) is 0.625. The van der Waals surface area contributed by atoms with E-state index in [1.54, 1.807) is 21.6 Å². The van der Waals surface area contributed by atoms with Crippen molar-refractivity contribution in [1.82, 2.24) is 5.32 Å². The summed E-state index contributed by atoms with van der Waals surface area (Å²) in [6.07, 6.45) is 0.980. The van der Waals surface area contributed by atoms with Crippen LogP contribution in [0.1, 0.15) is 26.7 Å². The summed E-state index contributed by atoms with van der Waals surface area (Å²) in [5.41, 5.74) is 1.24. The number of amides is 1. The monoisotopic (exact) mass is 326 g/mol. The fourth-order valence-electron chi connectivity index (χ4n) is 1.26. The number of nitrogens with one attached hydrogen (secondary N) is 1. The van der Waals surface area contributed by atoms with E-state index < -0.39 is 6.09 Å². The molecule has 1 aliphatic rings. The van der Waals surface area contributed by atoms with Crippen molar-refractivity contribution in [1.29, 1.82) is 0 Å². The molecule has 1 aliphatic heterocycles. The third-order valence-electron chi connectivity index (χ3n) is 1.88. The molecule has 14 heavy (non-hydrogen) atoms. The van der Waals surface area contributed by atoms with E-state index in [-0.39, 0.29) is 27.8 Å². The molecule has 0 aliphatic carbocycles. The van der Waals surface area contributed by atoms with E-state index in [0.29, 0.717) is 0 Å². The second-order valence-corrected chi connectivity index (χ2v) is 5.07. The molecular weight excluding hydrogens is 314 g/mol. The molecule has 2 N–H and O–H groups in total. The maximum Gasteiger partial charge on any atom is 0.405 e. The van der Waals surface area contributed by atoms with Gasteiger partial charge >= 0.3 is 6.09 Å². The van der Waals surface area contributed by atoms with Gasteiger partial charge in [0.25, 0.3) is 0 Å². The molecule has 1 rings (SSSR count). The quantitative estimate of drug-likeness (QED) is 0.618. The number of carbonyl (C=O) groups is 1. The maximum absolute atomic E-state index is 10.5. The van der Waals surface area contributed by atoms with Crippen molar-refractivity contribution < 1.29 is 32.3 Å². The van der Waals surface area contributed by atoms with Gasteiger partial charge in [-0.3, -0.25) is 0 Å². The van der Waals surface area contributed by atoms with Crippen LogP contribution < -0.4 is 5.32 Å². The zero-order chi connectivity index (χ0) is 9.84. The first-order chi connectivity index (χ1) is 6.19. The number of allylic oxidation sites excluding steroid dienone is 1. The summed E-state index contributed by atoms with van der Waals surface area (Å²) in [5, 5.41) is 11.1. The SMILES string of the molecule is CCC1=C(CC)C(NC(=O)O)SS1.[Ag]. The minimum Gasteiger partial charge on any atom is -0.465 e. The van der Waals surface area contributed by atoms with Crippen LogP contribution in [-0.4, -0.2) is 16.6 Å². The van der Waals surface area contributed by atoms with Gasteiger partial charge in [-0.05, 0) is 23.3 Å². The van der Waals surface area contributed by atoms with Gasteiger partial charge in [-0.2, -0.15) is 0 Å². The molecule has 85 valence electrons. The first kappa shape index (κ1) is 14.5. The van der Waals surface area contributed by atoms with E-state index in [9.17, 15) is 4.79 Å².